The Morgan fingerprint density at radius 2 is 2.14 bits per heavy atom. The van der Waals surface area contributed by atoms with E-state index in [0.29, 0.717) is 16.5 Å². The number of H-pyrrole nitrogens is 1. The summed E-state index contributed by atoms with van der Waals surface area (Å²) in [5, 5.41) is 9.75. The monoisotopic (exact) mass is 231 g/mol. The lowest BCUT2D eigenvalue weighted by atomic mass is 10.2. The number of rotatable bonds is 1. The number of hydrogen-bond acceptors (Lipinski definition) is 3. The van der Waals surface area contributed by atoms with Gasteiger partial charge in [-0.15, -0.1) is 12.4 Å². The van der Waals surface area contributed by atoms with E-state index in [1.807, 2.05) is 0 Å². The highest BCUT2D eigenvalue weighted by Crippen LogP contribution is 2.27. The van der Waals surface area contributed by atoms with Crippen LogP contribution in [0.3, 0.4) is 0 Å². The van der Waals surface area contributed by atoms with E-state index in [-0.39, 0.29) is 18.2 Å². The predicted octanol–water partition coefficient (Wildman–Crippen LogP) is 2.25. The molecule has 0 radical (unpaired) electrons. The average Bonchev–Trinajstić information content (AvgIpc) is 2.61. The fraction of sp³-hybridized carbons (Fsp3) is 0. The maximum atomic E-state index is 9.43. The lowest BCUT2D eigenvalue weighted by molar-refractivity contribution is 0.474. The smallest absolute Gasteiger partial charge is 0.144 e. The molecule has 0 unspecified atom stereocenters. The molecule has 2 heterocycles. The highest BCUT2D eigenvalue weighted by Gasteiger charge is 2.07. The van der Waals surface area contributed by atoms with Crippen molar-refractivity contribution in [3.8, 4) is 17.1 Å². The summed E-state index contributed by atoms with van der Waals surface area (Å²) in [4.78, 5) is 10.6. The standard InChI is InChI=1S/C8H6ClN3O.ClH/c9-7-3-5(6(13)4-12-7)8-10-1-2-11-8;/h1-4,13H,(H,10,11);1H. The number of aromatic amines is 1. The van der Waals surface area contributed by atoms with Gasteiger partial charge in [-0.3, -0.25) is 0 Å². The van der Waals surface area contributed by atoms with Crippen LogP contribution >= 0.6 is 24.0 Å². The van der Waals surface area contributed by atoms with Crippen molar-refractivity contribution in [2.24, 2.45) is 0 Å². The molecule has 4 nitrogen and oxygen atoms in total. The van der Waals surface area contributed by atoms with Gasteiger partial charge in [-0.2, -0.15) is 0 Å². The third kappa shape index (κ3) is 1.97. The van der Waals surface area contributed by atoms with Gasteiger partial charge >= 0.3 is 0 Å². The minimum absolute atomic E-state index is 0. The van der Waals surface area contributed by atoms with E-state index in [1.165, 1.54) is 6.20 Å². The van der Waals surface area contributed by atoms with Gasteiger partial charge in [-0.1, -0.05) is 11.6 Å². The van der Waals surface area contributed by atoms with E-state index in [4.69, 9.17) is 11.6 Å². The lowest BCUT2D eigenvalue weighted by Gasteiger charge is -2.00. The van der Waals surface area contributed by atoms with Crippen LogP contribution < -0.4 is 0 Å². The average molecular weight is 232 g/mol. The number of nitrogens with one attached hydrogen (secondary N) is 1. The molecule has 2 aromatic heterocycles. The van der Waals surface area contributed by atoms with Gasteiger partial charge in [-0.25, -0.2) is 9.97 Å². The third-order valence-corrected chi connectivity index (χ3v) is 1.81. The van der Waals surface area contributed by atoms with E-state index in [9.17, 15) is 5.11 Å². The van der Waals surface area contributed by atoms with Gasteiger partial charge in [0, 0.05) is 12.4 Å². The van der Waals surface area contributed by atoms with Crippen LogP contribution in [-0.4, -0.2) is 20.1 Å². The maximum Gasteiger partial charge on any atom is 0.144 e. The van der Waals surface area contributed by atoms with Gasteiger partial charge in [0.05, 0.1) is 11.8 Å². The van der Waals surface area contributed by atoms with Crippen LogP contribution in [0.4, 0.5) is 0 Å². The molecule has 0 aromatic carbocycles. The van der Waals surface area contributed by atoms with Crippen LogP contribution in [0, 0.1) is 0 Å². The van der Waals surface area contributed by atoms with Crippen molar-refractivity contribution in [3.63, 3.8) is 0 Å². The normalized spacial score (nSPS) is 9.50. The molecule has 0 spiro atoms. The molecule has 6 heteroatoms. The Labute approximate surface area is 91.4 Å². The first-order chi connectivity index (χ1) is 6.27. The second-order valence-corrected chi connectivity index (χ2v) is 2.85. The highest BCUT2D eigenvalue weighted by molar-refractivity contribution is 6.29. The quantitative estimate of drug-likeness (QED) is 0.741. The summed E-state index contributed by atoms with van der Waals surface area (Å²) in [5.41, 5.74) is 0.546. The number of aromatic nitrogens is 3. The van der Waals surface area contributed by atoms with Gasteiger partial charge < -0.3 is 10.1 Å². The Bertz CT molecular complexity index is 417. The summed E-state index contributed by atoms with van der Waals surface area (Å²) in [5.74, 6) is 0.626. The second-order valence-electron chi connectivity index (χ2n) is 2.46. The number of hydrogen-bond donors (Lipinski definition) is 2. The van der Waals surface area contributed by atoms with Crippen LogP contribution in [0.5, 0.6) is 5.75 Å². The predicted molar refractivity (Wildman–Crippen MR) is 55.7 cm³/mol. The first-order valence-corrected chi connectivity index (χ1v) is 3.99. The Morgan fingerprint density at radius 1 is 1.36 bits per heavy atom. The topological polar surface area (TPSA) is 61.8 Å². The lowest BCUT2D eigenvalue weighted by Crippen LogP contribution is -1.83. The zero-order valence-electron chi connectivity index (χ0n) is 6.94. The van der Waals surface area contributed by atoms with E-state index in [1.54, 1.807) is 18.5 Å². The van der Waals surface area contributed by atoms with Gasteiger partial charge in [0.15, 0.2) is 0 Å². The number of aromatic hydroxyl groups is 1. The molecule has 0 bridgehead atoms. The molecule has 0 saturated carbocycles. The van der Waals surface area contributed by atoms with Crippen molar-refractivity contribution in [3.05, 3.63) is 29.8 Å². The van der Waals surface area contributed by atoms with Crippen molar-refractivity contribution >= 4 is 24.0 Å². The van der Waals surface area contributed by atoms with E-state index >= 15 is 0 Å². The highest BCUT2D eigenvalue weighted by atomic mass is 35.5. The van der Waals surface area contributed by atoms with Gasteiger partial charge in [0.1, 0.15) is 16.7 Å². The summed E-state index contributed by atoms with van der Waals surface area (Å²) < 4.78 is 0. The van der Waals surface area contributed by atoms with Crippen molar-refractivity contribution in [2.45, 2.75) is 0 Å². The maximum absolute atomic E-state index is 9.43. The number of pyridine rings is 1. The first kappa shape index (κ1) is 10.8. The number of halogens is 2. The fourth-order valence-corrected chi connectivity index (χ4v) is 1.18. The van der Waals surface area contributed by atoms with Crippen LogP contribution in [-0.2, 0) is 0 Å². The van der Waals surface area contributed by atoms with Crippen molar-refractivity contribution in [1.29, 1.82) is 0 Å². The summed E-state index contributed by atoms with van der Waals surface area (Å²) in [6, 6.07) is 1.55. The largest absolute Gasteiger partial charge is 0.506 e. The first-order valence-electron chi connectivity index (χ1n) is 3.61. The summed E-state index contributed by atoms with van der Waals surface area (Å²) in [6.45, 7) is 0. The Balaban J connectivity index is 0.000000980. The molecule has 2 aromatic rings. The molecule has 0 atom stereocenters. The molecule has 0 fully saturated rings. The fourth-order valence-electron chi connectivity index (χ4n) is 1.02. The van der Waals surface area contributed by atoms with Crippen molar-refractivity contribution in [2.75, 3.05) is 0 Å². The molecule has 74 valence electrons. The molecular formula is C8H7Cl2N3O. The molecule has 14 heavy (non-hydrogen) atoms. The molecule has 0 aliphatic carbocycles. The molecule has 2 N–H and O–H groups in total. The molecule has 0 amide bonds. The molecule has 0 aliphatic heterocycles. The zero-order chi connectivity index (χ0) is 9.26. The SMILES string of the molecule is Cl.Oc1cnc(Cl)cc1-c1ncc[nH]1. The third-order valence-electron chi connectivity index (χ3n) is 1.60. The van der Waals surface area contributed by atoms with Crippen molar-refractivity contribution in [1.82, 2.24) is 15.0 Å². The van der Waals surface area contributed by atoms with Crippen LogP contribution in [0.25, 0.3) is 11.4 Å². The molecular weight excluding hydrogens is 225 g/mol. The zero-order valence-corrected chi connectivity index (χ0v) is 8.51. The minimum atomic E-state index is 0. The Kier molecular flexibility index (Phi) is 3.33. The Hall–Kier alpha value is -1.26. The summed E-state index contributed by atoms with van der Waals surface area (Å²) in [6.07, 6.45) is 4.56. The van der Waals surface area contributed by atoms with Gasteiger partial charge in [0.2, 0.25) is 0 Å². The van der Waals surface area contributed by atoms with E-state index in [0.717, 1.165) is 0 Å². The molecule has 2 rings (SSSR count). The van der Waals surface area contributed by atoms with Crippen LogP contribution in [0.1, 0.15) is 0 Å². The molecule has 0 saturated heterocycles. The number of imidazole rings is 1. The number of nitrogens with zero attached hydrogens (tertiary/aromatic N) is 2. The van der Waals surface area contributed by atoms with Crippen LogP contribution in [0.2, 0.25) is 5.15 Å². The van der Waals surface area contributed by atoms with Gasteiger partial charge in [-0.05, 0) is 6.07 Å². The van der Waals surface area contributed by atoms with Crippen LogP contribution in [0.15, 0.2) is 24.7 Å². The molecule has 0 aliphatic rings. The minimum Gasteiger partial charge on any atom is -0.506 e. The Morgan fingerprint density at radius 3 is 2.79 bits per heavy atom. The van der Waals surface area contributed by atoms with Gasteiger partial charge in [0.25, 0.3) is 0 Å². The second kappa shape index (κ2) is 4.30. The summed E-state index contributed by atoms with van der Waals surface area (Å²) >= 11 is 5.67. The van der Waals surface area contributed by atoms with E-state index in [2.05, 4.69) is 15.0 Å². The van der Waals surface area contributed by atoms with E-state index < -0.39 is 0 Å². The summed E-state index contributed by atoms with van der Waals surface area (Å²) in [7, 11) is 0. The van der Waals surface area contributed by atoms with Crippen molar-refractivity contribution < 1.29 is 5.11 Å².